The molecule has 0 aliphatic heterocycles. The number of rotatable bonds is 4. The Kier molecular flexibility index (Phi) is 5.86. The van der Waals surface area contributed by atoms with Crippen LogP contribution in [0.4, 0.5) is 8.78 Å². The normalized spacial score (nSPS) is 12.0. The fraction of sp³-hybridized carbons (Fsp3) is 0.136. The maximum absolute atomic E-state index is 13.6. The summed E-state index contributed by atoms with van der Waals surface area (Å²) in [6.45, 7) is 1.64. The summed E-state index contributed by atoms with van der Waals surface area (Å²) >= 11 is 12.8. The van der Waals surface area contributed by atoms with Crippen molar-refractivity contribution in [3.8, 4) is 11.1 Å². The highest BCUT2D eigenvalue weighted by molar-refractivity contribution is 7.89. The molecule has 0 amide bonds. The zero-order valence-electron chi connectivity index (χ0n) is 17.4. The van der Waals surface area contributed by atoms with Gasteiger partial charge in [0.1, 0.15) is 4.90 Å². The van der Waals surface area contributed by atoms with Gasteiger partial charge in [-0.3, -0.25) is 14.2 Å². The highest BCUT2D eigenvalue weighted by Crippen LogP contribution is 2.41. The number of aryl methyl sites for hydroxylation is 1. The number of aromatic nitrogens is 2. The number of nitrogens with two attached hydrogens (primary N) is 1. The van der Waals surface area contributed by atoms with Crippen LogP contribution in [-0.4, -0.2) is 17.8 Å². The fourth-order valence-electron chi connectivity index (χ4n) is 3.87. The van der Waals surface area contributed by atoms with E-state index in [4.69, 9.17) is 28.3 Å². The van der Waals surface area contributed by atoms with Crippen LogP contribution in [0.15, 0.2) is 52.2 Å². The maximum atomic E-state index is 13.6. The Morgan fingerprint density at radius 3 is 2.36 bits per heavy atom. The molecule has 4 rings (SSSR count). The molecule has 0 unspecified atom stereocenters. The summed E-state index contributed by atoms with van der Waals surface area (Å²) in [6.07, 6.45) is 0. The smallest absolute Gasteiger partial charge is 0.274 e. The van der Waals surface area contributed by atoms with E-state index < -0.39 is 21.7 Å². The number of fused-ring (bicyclic) bond motifs is 1. The van der Waals surface area contributed by atoms with E-state index >= 15 is 0 Å². The third-order valence-corrected chi connectivity index (χ3v) is 7.29. The molecule has 0 saturated heterocycles. The zero-order valence-corrected chi connectivity index (χ0v) is 19.7. The second kappa shape index (κ2) is 8.25. The van der Waals surface area contributed by atoms with Crippen molar-refractivity contribution >= 4 is 44.1 Å². The summed E-state index contributed by atoms with van der Waals surface area (Å²) < 4.78 is 54.0. The van der Waals surface area contributed by atoms with Gasteiger partial charge in [0.2, 0.25) is 10.0 Å². The molecule has 1 aromatic heterocycles. The molecule has 0 aliphatic carbocycles. The molecular weight excluding hydrogens is 495 g/mol. The number of hydrogen-bond acceptors (Lipinski definition) is 3. The van der Waals surface area contributed by atoms with Crippen LogP contribution in [0.5, 0.6) is 0 Å². The van der Waals surface area contributed by atoms with Crippen LogP contribution in [0, 0.1) is 18.6 Å². The minimum Gasteiger partial charge on any atom is -0.278 e. The van der Waals surface area contributed by atoms with Gasteiger partial charge in [-0.25, -0.2) is 22.3 Å². The van der Waals surface area contributed by atoms with E-state index in [1.165, 1.54) is 23.7 Å². The standard InChI is InChI=1S/C22H17Cl2F2N3O3S/c1-11-7-15(23)19(20(24)21(11)33(27,31)32)13-4-6-18-14(9-13)22(30)28(2)29(18)10-12-3-5-16(25)17(26)8-12/h3-9H,10H2,1-2H3,(H2,27,31,32). The van der Waals surface area contributed by atoms with Crippen LogP contribution in [-0.2, 0) is 23.6 Å². The molecule has 0 fully saturated rings. The molecule has 0 radical (unpaired) electrons. The fourth-order valence-corrected chi connectivity index (χ4v) is 5.83. The number of primary sulfonamides is 1. The number of sulfonamides is 1. The number of benzene rings is 3. The summed E-state index contributed by atoms with van der Waals surface area (Å²) in [4.78, 5) is 12.7. The molecule has 0 saturated carbocycles. The van der Waals surface area contributed by atoms with E-state index in [0.717, 1.165) is 12.1 Å². The Balaban J connectivity index is 1.90. The molecule has 0 spiro atoms. The van der Waals surface area contributed by atoms with Crippen LogP contribution in [0.3, 0.4) is 0 Å². The topological polar surface area (TPSA) is 87.1 Å². The number of halogens is 4. The van der Waals surface area contributed by atoms with E-state index in [0.29, 0.717) is 27.6 Å². The summed E-state index contributed by atoms with van der Waals surface area (Å²) in [7, 11) is -2.58. The third kappa shape index (κ3) is 4.06. The monoisotopic (exact) mass is 511 g/mol. The lowest BCUT2D eigenvalue weighted by molar-refractivity contribution is 0.502. The van der Waals surface area contributed by atoms with Crippen molar-refractivity contribution in [3.63, 3.8) is 0 Å². The van der Waals surface area contributed by atoms with Crippen molar-refractivity contribution in [2.75, 3.05) is 0 Å². The van der Waals surface area contributed by atoms with Gasteiger partial charge in [-0.05, 0) is 53.9 Å². The van der Waals surface area contributed by atoms with Gasteiger partial charge in [-0.1, -0.05) is 35.3 Å². The van der Waals surface area contributed by atoms with Crippen molar-refractivity contribution in [3.05, 3.63) is 85.6 Å². The van der Waals surface area contributed by atoms with Gasteiger partial charge in [-0.15, -0.1) is 0 Å². The minimum absolute atomic E-state index is 0.118. The van der Waals surface area contributed by atoms with Gasteiger partial charge in [-0.2, -0.15) is 0 Å². The Morgan fingerprint density at radius 2 is 1.73 bits per heavy atom. The number of nitrogens with zero attached hydrogens (tertiary/aromatic N) is 2. The Labute approximate surface area is 197 Å². The summed E-state index contributed by atoms with van der Waals surface area (Å²) in [5, 5.41) is 5.69. The molecule has 0 bridgehead atoms. The molecule has 0 atom stereocenters. The molecule has 4 aromatic rings. The van der Waals surface area contributed by atoms with Gasteiger partial charge >= 0.3 is 0 Å². The predicted molar refractivity (Wildman–Crippen MR) is 124 cm³/mol. The molecule has 11 heteroatoms. The van der Waals surface area contributed by atoms with Gasteiger partial charge in [0.25, 0.3) is 5.56 Å². The van der Waals surface area contributed by atoms with Crippen molar-refractivity contribution < 1.29 is 17.2 Å². The summed E-state index contributed by atoms with van der Waals surface area (Å²) in [5.41, 5.74) is 1.59. The van der Waals surface area contributed by atoms with E-state index in [2.05, 4.69) is 0 Å². The lowest BCUT2D eigenvalue weighted by Gasteiger charge is -2.14. The lowest BCUT2D eigenvalue weighted by atomic mass is 10.0. The minimum atomic E-state index is -4.12. The summed E-state index contributed by atoms with van der Waals surface area (Å²) in [6, 6.07) is 9.81. The lowest BCUT2D eigenvalue weighted by Crippen LogP contribution is -2.19. The van der Waals surface area contributed by atoms with Crippen LogP contribution in [0.2, 0.25) is 10.0 Å². The Bertz CT molecular complexity index is 1610. The average Bonchev–Trinajstić information content (AvgIpc) is 2.94. The second-order valence-corrected chi connectivity index (χ2v) is 9.89. The van der Waals surface area contributed by atoms with Gasteiger partial charge in [0.05, 0.1) is 27.5 Å². The van der Waals surface area contributed by atoms with Crippen molar-refractivity contribution in [2.45, 2.75) is 18.4 Å². The van der Waals surface area contributed by atoms with E-state index in [1.54, 1.807) is 29.9 Å². The van der Waals surface area contributed by atoms with Crippen LogP contribution >= 0.6 is 23.2 Å². The first-order valence-electron chi connectivity index (χ1n) is 9.55. The van der Waals surface area contributed by atoms with Crippen molar-refractivity contribution in [1.82, 2.24) is 9.36 Å². The predicted octanol–water partition coefficient (Wildman–Crippen LogP) is 4.60. The quantitative estimate of drug-likeness (QED) is 0.434. The van der Waals surface area contributed by atoms with Crippen molar-refractivity contribution in [2.24, 2.45) is 12.2 Å². The van der Waals surface area contributed by atoms with E-state index in [-0.39, 0.29) is 32.6 Å². The SMILES string of the molecule is Cc1cc(Cl)c(-c2ccc3c(c2)c(=O)n(C)n3Cc2ccc(F)c(F)c2)c(Cl)c1S(N)(=O)=O. The molecule has 0 aliphatic rings. The molecular formula is C22H17Cl2F2N3O3S. The van der Waals surface area contributed by atoms with E-state index in [9.17, 15) is 22.0 Å². The Hall–Kier alpha value is -2.72. The maximum Gasteiger partial charge on any atom is 0.274 e. The third-order valence-electron chi connectivity index (χ3n) is 5.41. The first-order valence-corrected chi connectivity index (χ1v) is 11.9. The molecule has 172 valence electrons. The van der Waals surface area contributed by atoms with Crippen molar-refractivity contribution in [1.29, 1.82) is 0 Å². The molecule has 3 aromatic carbocycles. The summed E-state index contributed by atoms with van der Waals surface area (Å²) in [5.74, 6) is -1.94. The first kappa shape index (κ1) is 23.4. The largest absolute Gasteiger partial charge is 0.278 e. The van der Waals surface area contributed by atoms with Crippen LogP contribution in [0.25, 0.3) is 22.0 Å². The molecule has 33 heavy (non-hydrogen) atoms. The van der Waals surface area contributed by atoms with Gasteiger partial charge in [0.15, 0.2) is 11.6 Å². The Morgan fingerprint density at radius 1 is 1.03 bits per heavy atom. The second-order valence-electron chi connectivity index (χ2n) is 7.61. The number of hydrogen-bond donors (Lipinski definition) is 1. The zero-order chi connectivity index (χ0) is 24.2. The highest BCUT2D eigenvalue weighted by Gasteiger charge is 2.23. The molecule has 1 heterocycles. The average molecular weight is 512 g/mol. The van der Waals surface area contributed by atoms with Crippen LogP contribution < -0.4 is 10.7 Å². The van der Waals surface area contributed by atoms with Gasteiger partial charge in [0, 0.05) is 12.6 Å². The molecule has 6 nitrogen and oxygen atoms in total. The highest BCUT2D eigenvalue weighted by atomic mass is 35.5. The first-order chi connectivity index (χ1) is 15.4. The molecule has 2 N–H and O–H groups in total. The van der Waals surface area contributed by atoms with Crippen LogP contribution in [0.1, 0.15) is 11.1 Å². The van der Waals surface area contributed by atoms with E-state index in [1.807, 2.05) is 0 Å². The van der Waals surface area contributed by atoms with Gasteiger partial charge < -0.3 is 0 Å².